The number of hydrogen-bond acceptors (Lipinski definition) is 6. The van der Waals surface area contributed by atoms with Crippen molar-refractivity contribution in [1.29, 1.82) is 0 Å². The largest absolute Gasteiger partial charge is 0.303 e. The Labute approximate surface area is 161 Å². The number of nitrogens with zero attached hydrogens (tertiary/aromatic N) is 5. The quantitative estimate of drug-likeness (QED) is 0.771. The third kappa shape index (κ3) is 5.04. The Morgan fingerprint density at radius 2 is 2.15 bits per heavy atom. The van der Waals surface area contributed by atoms with E-state index in [9.17, 15) is 8.42 Å². The van der Waals surface area contributed by atoms with Crippen LogP contribution in [0.3, 0.4) is 0 Å². The van der Waals surface area contributed by atoms with E-state index < -0.39 is 10.0 Å². The molecule has 1 aliphatic rings. The second-order valence-electron chi connectivity index (χ2n) is 7.75. The average molecular weight is 393 g/mol. The summed E-state index contributed by atoms with van der Waals surface area (Å²) in [4.78, 5) is 2.50. The number of hydrogen-bond donors (Lipinski definition) is 1. The summed E-state index contributed by atoms with van der Waals surface area (Å²) in [5.41, 5.74) is 1.85. The molecule has 27 heavy (non-hydrogen) atoms. The number of rotatable bonds is 7. The van der Waals surface area contributed by atoms with E-state index in [-0.39, 0.29) is 5.41 Å². The molecule has 8 nitrogen and oxygen atoms in total. The number of sulfonamides is 1. The molecule has 2 unspecified atom stereocenters. The van der Waals surface area contributed by atoms with Crippen molar-refractivity contribution in [3.8, 4) is 0 Å². The van der Waals surface area contributed by atoms with Gasteiger partial charge in [-0.1, -0.05) is 26.0 Å². The van der Waals surface area contributed by atoms with Crippen molar-refractivity contribution in [3.05, 3.63) is 36.2 Å². The van der Waals surface area contributed by atoms with E-state index in [1.807, 2.05) is 12.1 Å². The highest BCUT2D eigenvalue weighted by Crippen LogP contribution is 2.40. The van der Waals surface area contributed by atoms with Crippen LogP contribution >= 0.6 is 0 Å². The lowest BCUT2D eigenvalue weighted by atomic mass is 9.68. The summed E-state index contributed by atoms with van der Waals surface area (Å²) >= 11 is 0. The minimum atomic E-state index is -3.27. The predicted molar refractivity (Wildman–Crippen MR) is 105 cm³/mol. The number of aryl methyl sites for hydroxylation is 1. The summed E-state index contributed by atoms with van der Waals surface area (Å²) in [6.07, 6.45) is 4.88. The van der Waals surface area contributed by atoms with E-state index in [1.165, 1.54) is 11.8 Å². The molecule has 0 amide bonds. The molecule has 1 saturated heterocycles. The van der Waals surface area contributed by atoms with Crippen LogP contribution in [0.5, 0.6) is 0 Å². The predicted octanol–water partition coefficient (Wildman–Crippen LogP) is 1.73. The van der Waals surface area contributed by atoms with Gasteiger partial charge in [-0.2, -0.15) is 0 Å². The first-order chi connectivity index (χ1) is 12.8. The van der Waals surface area contributed by atoms with Gasteiger partial charge in [0.05, 0.1) is 6.26 Å². The van der Waals surface area contributed by atoms with Crippen LogP contribution in [0, 0.1) is 5.92 Å². The molecule has 3 rings (SSSR count). The summed E-state index contributed by atoms with van der Waals surface area (Å²) in [7, 11) is -3.27. The molecule has 1 fully saturated rings. The minimum Gasteiger partial charge on any atom is -0.303 e. The second kappa shape index (κ2) is 7.93. The van der Waals surface area contributed by atoms with Crippen LogP contribution in [0.15, 0.2) is 30.6 Å². The third-order valence-electron chi connectivity index (χ3n) is 5.65. The van der Waals surface area contributed by atoms with Gasteiger partial charge in [0.15, 0.2) is 0 Å². The maximum absolute atomic E-state index is 11.5. The summed E-state index contributed by atoms with van der Waals surface area (Å²) in [5.74, 6) is 0.466. The Kier molecular flexibility index (Phi) is 5.81. The van der Waals surface area contributed by atoms with Crippen LogP contribution in [-0.2, 0) is 22.0 Å². The summed E-state index contributed by atoms with van der Waals surface area (Å²) in [5, 5.41) is 11.2. The SMILES string of the molecule is CC1CN(CCCn2cnnn2)CCC1(C)c1cccc(NS(C)(=O)=O)c1. The summed E-state index contributed by atoms with van der Waals surface area (Å²) in [6, 6.07) is 7.81. The van der Waals surface area contributed by atoms with Crippen molar-refractivity contribution in [2.24, 2.45) is 5.92 Å². The van der Waals surface area contributed by atoms with Crippen molar-refractivity contribution >= 4 is 15.7 Å². The maximum Gasteiger partial charge on any atom is 0.229 e. The van der Waals surface area contributed by atoms with Crippen LogP contribution in [-0.4, -0.2) is 59.4 Å². The molecule has 0 aliphatic carbocycles. The number of tetrazole rings is 1. The van der Waals surface area contributed by atoms with E-state index in [0.717, 1.165) is 39.0 Å². The van der Waals surface area contributed by atoms with Crippen molar-refractivity contribution in [1.82, 2.24) is 25.1 Å². The standard InChI is InChI=1S/C18H28N6O2S/c1-15-13-23(9-5-10-24-14-19-21-22-24)11-8-18(15,2)16-6-4-7-17(12-16)20-27(3,25)26/h4,6-7,12,14-15,20H,5,8-11,13H2,1-3H3. The summed E-state index contributed by atoms with van der Waals surface area (Å²) < 4.78 is 27.4. The van der Waals surface area contributed by atoms with Crippen LogP contribution in [0.2, 0.25) is 0 Å². The zero-order chi connectivity index (χ0) is 19.5. The third-order valence-corrected chi connectivity index (χ3v) is 6.25. The Balaban J connectivity index is 1.61. The number of piperidine rings is 1. The molecule has 1 aromatic heterocycles. The van der Waals surface area contributed by atoms with Gasteiger partial charge in [0.25, 0.3) is 0 Å². The average Bonchev–Trinajstić information content (AvgIpc) is 3.10. The van der Waals surface area contributed by atoms with Gasteiger partial charge >= 0.3 is 0 Å². The molecule has 0 bridgehead atoms. The first-order valence-corrected chi connectivity index (χ1v) is 11.2. The Morgan fingerprint density at radius 1 is 1.33 bits per heavy atom. The Bertz CT molecular complexity index is 854. The first-order valence-electron chi connectivity index (χ1n) is 9.28. The van der Waals surface area contributed by atoms with Gasteiger partial charge in [0, 0.05) is 18.8 Å². The van der Waals surface area contributed by atoms with E-state index in [2.05, 4.69) is 45.1 Å². The van der Waals surface area contributed by atoms with Gasteiger partial charge in [0.2, 0.25) is 10.0 Å². The monoisotopic (exact) mass is 392 g/mol. The maximum atomic E-state index is 11.5. The van der Waals surface area contributed by atoms with Crippen LogP contribution in [0.1, 0.15) is 32.3 Å². The number of aromatic nitrogens is 4. The molecule has 1 aromatic carbocycles. The number of nitrogens with one attached hydrogen (secondary N) is 1. The zero-order valence-electron chi connectivity index (χ0n) is 16.2. The highest BCUT2D eigenvalue weighted by Gasteiger charge is 2.37. The minimum absolute atomic E-state index is 0.0293. The van der Waals surface area contributed by atoms with Gasteiger partial charge in [-0.3, -0.25) is 4.72 Å². The Hall–Kier alpha value is -2.00. The number of anilines is 1. The molecular formula is C18H28N6O2S. The summed E-state index contributed by atoms with van der Waals surface area (Å²) in [6.45, 7) is 8.47. The van der Waals surface area contributed by atoms with E-state index in [1.54, 1.807) is 17.1 Å². The van der Waals surface area contributed by atoms with Gasteiger partial charge in [-0.05, 0) is 65.4 Å². The fraction of sp³-hybridized carbons (Fsp3) is 0.611. The molecule has 0 radical (unpaired) electrons. The highest BCUT2D eigenvalue weighted by molar-refractivity contribution is 7.92. The van der Waals surface area contributed by atoms with Crippen LogP contribution in [0.25, 0.3) is 0 Å². The molecule has 2 aromatic rings. The fourth-order valence-electron chi connectivity index (χ4n) is 3.84. The molecule has 1 aliphatic heterocycles. The molecule has 148 valence electrons. The van der Waals surface area contributed by atoms with Gasteiger partial charge in [-0.25, -0.2) is 13.1 Å². The number of likely N-dealkylation sites (tertiary alicyclic amines) is 1. The molecule has 9 heteroatoms. The topological polar surface area (TPSA) is 93.0 Å². The van der Waals surface area contributed by atoms with E-state index in [4.69, 9.17) is 0 Å². The highest BCUT2D eigenvalue weighted by atomic mass is 32.2. The number of benzene rings is 1. The lowest BCUT2D eigenvalue weighted by molar-refractivity contribution is 0.109. The van der Waals surface area contributed by atoms with Crippen LogP contribution < -0.4 is 4.72 Å². The van der Waals surface area contributed by atoms with Gasteiger partial charge in [-0.15, -0.1) is 5.10 Å². The molecule has 1 N–H and O–H groups in total. The second-order valence-corrected chi connectivity index (χ2v) is 9.50. The van der Waals surface area contributed by atoms with Gasteiger partial charge < -0.3 is 4.90 Å². The fourth-order valence-corrected chi connectivity index (χ4v) is 4.39. The molecule has 0 saturated carbocycles. The lowest BCUT2D eigenvalue weighted by Gasteiger charge is -2.45. The molecule has 2 atom stereocenters. The van der Waals surface area contributed by atoms with Crippen molar-refractivity contribution in [3.63, 3.8) is 0 Å². The smallest absolute Gasteiger partial charge is 0.229 e. The normalized spacial score (nSPS) is 24.0. The molecular weight excluding hydrogens is 364 g/mol. The zero-order valence-corrected chi connectivity index (χ0v) is 17.0. The lowest BCUT2D eigenvalue weighted by Crippen LogP contribution is -2.47. The van der Waals surface area contributed by atoms with Gasteiger partial charge in [0.1, 0.15) is 6.33 Å². The molecule has 0 spiro atoms. The first kappa shape index (κ1) is 19.8. The van der Waals surface area contributed by atoms with Crippen LogP contribution in [0.4, 0.5) is 5.69 Å². The van der Waals surface area contributed by atoms with Crippen molar-refractivity contribution in [2.45, 2.75) is 38.6 Å². The van der Waals surface area contributed by atoms with Crippen molar-refractivity contribution in [2.75, 3.05) is 30.6 Å². The van der Waals surface area contributed by atoms with Crippen molar-refractivity contribution < 1.29 is 8.42 Å². The molecule has 2 heterocycles. The van der Waals surface area contributed by atoms with E-state index >= 15 is 0 Å². The van der Waals surface area contributed by atoms with E-state index in [0.29, 0.717) is 11.6 Å². The Morgan fingerprint density at radius 3 is 2.81 bits per heavy atom.